The van der Waals surface area contributed by atoms with E-state index in [-0.39, 0.29) is 11.9 Å². The quantitative estimate of drug-likeness (QED) is 0.740. The molecule has 0 aliphatic carbocycles. The summed E-state index contributed by atoms with van der Waals surface area (Å²) in [6.07, 6.45) is 5.32. The smallest absolute Gasteiger partial charge is 0.256 e. The lowest BCUT2D eigenvalue weighted by Gasteiger charge is -2.23. The van der Waals surface area contributed by atoms with Crippen molar-refractivity contribution in [2.45, 2.75) is 19.9 Å². The van der Waals surface area contributed by atoms with Crippen LogP contribution >= 0.6 is 0 Å². The van der Waals surface area contributed by atoms with Gasteiger partial charge in [-0.25, -0.2) is 4.39 Å². The van der Waals surface area contributed by atoms with Gasteiger partial charge in [0.05, 0.1) is 23.0 Å². The van der Waals surface area contributed by atoms with Gasteiger partial charge in [0.1, 0.15) is 5.82 Å². The number of amides is 1. The lowest BCUT2D eigenvalue weighted by Crippen LogP contribution is -2.33. The lowest BCUT2D eigenvalue weighted by atomic mass is 10.1. The molecule has 0 saturated carbocycles. The first kappa shape index (κ1) is 15.2. The Balaban J connectivity index is 2.19. The molecule has 118 valence electrons. The zero-order valence-corrected chi connectivity index (χ0v) is 13.3. The minimum Gasteiger partial charge on any atom is -0.339 e. The van der Waals surface area contributed by atoms with Crippen LogP contribution in [-0.4, -0.2) is 33.4 Å². The first-order valence-electron chi connectivity index (χ1n) is 7.47. The van der Waals surface area contributed by atoms with E-state index in [4.69, 9.17) is 0 Å². The van der Waals surface area contributed by atoms with Gasteiger partial charge in [-0.1, -0.05) is 0 Å². The second-order valence-electron chi connectivity index (χ2n) is 5.79. The maximum absolute atomic E-state index is 13.7. The van der Waals surface area contributed by atoms with Crippen molar-refractivity contribution in [2.75, 3.05) is 7.05 Å². The van der Waals surface area contributed by atoms with E-state index >= 15 is 0 Å². The van der Waals surface area contributed by atoms with Crippen molar-refractivity contribution in [3.8, 4) is 5.69 Å². The Hall–Kier alpha value is -2.69. The van der Waals surface area contributed by atoms with Gasteiger partial charge in [-0.2, -0.15) is 0 Å². The molecule has 0 spiro atoms. The summed E-state index contributed by atoms with van der Waals surface area (Å²) >= 11 is 0. The maximum atomic E-state index is 13.7. The van der Waals surface area contributed by atoms with E-state index in [2.05, 4.69) is 4.98 Å². The predicted octanol–water partition coefficient (Wildman–Crippen LogP) is 3.65. The first-order chi connectivity index (χ1) is 11.0. The topological polar surface area (TPSA) is 38.1 Å². The molecular formula is C18H18FN3O. The van der Waals surface area contributed by atoms with E-state index in [9.17, 15) is 9.18 Å². The third-order valence-electron chi connectivity index (χ3n) is 4.04. The maximum Gasteiger partial charge on any atom is 0.256 e. The fraction of sp³-hybridized carbons (Fsp3) is 0.222. The molecule has 2 aromatic heterocycles. The third-order valence-corrected chi connectivity index (χ3v) is 4.04. The van der Waals surface area contributed by atoms with Crippen LogP contribution in [0.2, 0.25) is 0 Å². The Bertz CT molecular complexity index is 870. The summed E-state index contributed by atoms with van der Waals surface area (Å²) in [6, 6.07) is 8.16. The number of carbonyl (C=O) groups is 1. The standard InChI is InChI=1S/C18H18FN3O/c1-12(2)21(3)18(23)15-10-14(19)4-5-16(15)22-9-7-13-6-8-20-11-17(13)22/h4-12H,1-3H3. The van der Waals surface area contributed by atoms with Gasteiger partial charge < -0.3 is 9.47 Å². The highest BCUT2D eigenvalue weighted by Gasteiger charge is 2.20. The van der Waals surface area contributed by atoms with Crippen LogP contribution in [0.25, 0.3) is 16.6 Å². The molecule has 0 aliphatic rings. The molecular weight excluding hydrogens is 293 g/mol. The SMILES string of the molecule is CC(C)N(C)C(=O)c1cc(F)ccc1-n1ccc2ccncc21. The number of pyridine rings is 1. The van der Waals surface area contributed by atoms with Crippen molar-refractivity contribution in [3.63, 3.8) is 0 Å². The van der Waals surface area contributed by atoms with Gasteiger partial charge in [0.25, 0.3) is 5.91 Å². The zero-order chi connectivity index (χ0) is 16.6. The largest absolute Gasteiger partial charge is 0.339 e. The Kier molecular flexibility index (Phi) is 3.86. The molecule has 0 radical (unpaired) electrons. The first-order valence-corrected chi connectivity index (χ1v) is 7.47. The van der Waals surface area contributed by atoms with Crippen molar-refractivity contribution in [1.29, 1.82) is 0 Å². The van der Waals surface area contributed by atoms with Gasteiger partial charge in [0.15, 0.2) is 0 Å². The van der Waals surface area contributed by atoms with E-state index in [0.717, 1.165) is 10.9 Å². The van der Waals surface area contributed by atoms with Crippen molar-refractivity contribution in [2.24, 2.45) is 0 Å². The minimum atomic E-state index is -0.427. The summed E-state index contributed by atoms with van der Waals surface area (Å²) < 4.78 is 15.6. The molecule has 3 rings (SSSR count). The summed E-state index contributed by atoms with van der Waals surface area (Å²) in [7, 11) is 1.72. The van der Waals surface area contributed by atoms with Gasteiger partial charge in [0.2, 0.25) is 0 Å². The number of aromatic nitrogens is 2. The molecule has 0 unspecified atom stereocenters. The number of rotatable bonds is 3. The van der Waals surface area contributed by atoms with Crippen LogP contribution in [0.4, 0.5) is 4.39 Å². The summed E-state index contributed by atoms with van der Waals surface area (Å²) in [6.45, 7) is 3.84. The number of nitrogens with zero attached hydrogens (tertiary/aromatic N) is 3. The molecule has 0 atom stereocenters. The van der Waals surface area contributed by atoms with Crippen LogP contribution in [0.15, 0.2) is 48.9 Å². The molecule has 0 aliphatic heterocycles. The van der Waals surface area contributed by atoms with Crippen LogP contribution in [0.5, 0.6) is 0 Å². The fourth-order valence-electron chi connectivity index (χ4n) is 2.50. The van der Waals surface area contributed by atoms with Crippen molar-refractivity contribution >= 4 is 16.8 Å². The van der Waals surface area contributed by atoms with Gasteiger partial charge in [0, 0.05) is 30.9 Å². The molecule has 0 bridgehead atoms. The Morgan fingerprint density at radius 3 is 2.78 bits per heavy atom. The zero-order valence-electron chi connectivity index (χ0n) is 13.3. The van der Waals surface area contributed by atoms with Gasteiger partial charge in [-0.3, -0.25) is 9.78 Å². The van der Waals surface area contributed by atoms with Crippen LogP contribution in [0, 0.1) is 5.82 Å². The molecule has 1 aromatic carbocycles. The average molecular weight is 311 g/mol. The highest BCUT2D eigenvalue weighted by molar-refractivity contribution is 5.98. The van der Waals surface area contributed by atoms with E-state index in [0.29, 0.717) is 11.3 Å². The number of fused-ring (bicyclic) bond motifs is 1. The predicted molar refractivity (Wildman–Crippen MR) is 88.3 cm³/mol. The molecule has 4 nitrogen and oxygen atoms in total. The van der Waals surface area contributed by atoms with E-state index in [1.807, 2.05) is 36.7 Å². The van der Waals surface area contributed by atoms with E-state index < -0.39 is 5.82 Å². The second-order valence-corrected chi connectivity index (χ2v) is 5.79. The summed E-state index contributed by atoms with van der Waals surface area (Å²) in [4.78, 5) is 18.5. The van der Waals surface area contributed by atoms with Crippen molar-refractivity contribution in [3.05, 3.63) is 60.3 Å². The second kappa shape index (κ2) is 5.83. The monoisotopic (exact) mass is 311 g/mol. The van der Waals surface area contributed by atoms with Gasteiger partial charge in [-0.15, -0.1) is 0 Å². The van der Waals surface area contributed by atoms with E-state index in [1.54, 1.807) is 30.4 Å². The minimum absolute atomic E-state index is 0.0293. The molecule has 0 N–H and O–H groups in total. The summed E-state index contributed by atoms with van der Waals surface area (Å²) in [5.41, 5.74) is 1.86. The van der Waals surface area contributed by atoms with Gasteiger partial charge >= 0.3 is 0 Å². The lowest BCUT2D eigenvalue weighted by molar-refractivity contribution is 0.0754. The number of hydrogen-bond donors (Lipinski definition) is 0. The van der Waals surface area contributed by atoms with Crippen LogP contribution in [0.1, 0.15) is 24.2 Å². The number of hydrogen-bond acceptors (Lipinski definition) is 2. The number of carbonyl (C=O) groups excluding carboxylic acids is 1. The van der Waals surface area contributed by atoms with Crippen LogP contribution in [-0.2, 0) is 0 Å². The van der Waals surface area contributed by atoms with Crippen molar-refractivity contribution in [1.82, 2.24) is 14.5 Å². The van der Waals surface area contributed by atoms with Gasteiger partial charge in [-0.05, 0) is 44.2 Å². The summed E-state index contributed by atoms with van der Waals surface area (Å²) in [5.74, 6) is -0.635. The molecule has 0 saturated heterocycles. The number of halogens is 1. The molecule has 3 aromatic rings. The number of benzene rings is 1. The Morgan fingerprint density at radius 1 is 1.26 bits per heavy atom. The molecule has 1 amide bonds. The Labute approximate surface area is 134 Å². The molecule has 2 heterocycles. The molecule has 5 heteroatoms. The fourth-order valence-corrected chi connectivity index (χ4v) is 2.50. The van der Waals surface area contributed by atoms with E-state index in [1.165, 1.54) is 12.1 Å². The van der Waals surface area contributed by atoms with Crippen molar-refractivity contribution < 1.29 is 9.18 Å². The molecule has 23 heavy (non-hydrogen) atoms. The Morgan fingerprint density at radius 2 is 2.04 bits per heavy atom. The average Bonchev–Trinajstić information content (AvgIpc) is 2.97. The normalized spacial score (nSPS) is 11.2. The third kappa shape index (κ3) is 2.70. The van der Waals surface area contributed by atoms with Crippen LogP contribution in [0.3, 0.4) is 0 Å². The summed E-state index contributed by atoms with van der Waals surface area (Å²) in [5, 5.41) is 1.01. The van der Waals surface area contributed by atoms with Crippen LogP contribution < -0.4 is 0 Å². The molecule has 0 fully saturated rings. The highest BCUT2D eigenvalue weighted by Crippen LogP contribution is 2.24. The highest BCUT2D eigenvalue weighted by atomic mass is 19.1.